The zero-order chi connectivity index (χ0) is 14.8. The number of aryl methyl sites for hydroxylation is 1. The maximum atomic E-state index is 4.69. The van der Waals surface area contributed by atoms with Crippen LogP contribution in [-0.4, -0.2) is 48.0 Å². The van der Waals surface area contributed by atoms with Gasteiger partial charge in [-0.15, -0.1) is 11.3 Å². The van der Waals surface area contributed by atoms with Gasteiger partial charge in [-0.2, -0.15) is 11.8 Å². The highest BCUT2D eigenvalue weighted by Gasteiger charge is 2.08. The largest absolute Gasteiger partial charge is 0.357 e. The molecule has 1 aromatic rings. The fraction of sp³-hybridized carbons (Fsp3) is 0.714. The third-order valence-corrected chi connectivity index (χ3v) is 4.30. The van der Waals surface area contributed by atoms with E-state index in [2.05, 4.69) is 45.8 Å². The van der Waals surface area contributed by atoms with Crippen LogP contribution in [0.3, 0.4) is 0 Å². The van der Waals surface area contributed by atoms with Crippen molar-refractivity contribution >= 4 is 29.1 Å². The van der Waals surface area contributed by atoms with Gasteiger partial charge in [-0.1, -0.05) is 0 Å². The number of nitrogens with one attached hydrogen (secondary N) is 1. The number of unbranched alkanes of at least 4 members (excludes halogenated alkanes) is 1. The lowest BCUT2D eigenvalue weighted by Crippen LogP contribution is -2.38. The Balaban J connectivity index is 2.48. The molecule has 1 heterocycles. The van der Waals surface area contributed by atoms with E-state index in [1.165, 1.54) is 12.2 Å². The molecular formula is C14H26N4S2. The van der Waals surface area contributed by atoms with Crippen LogP contribution in [0.15, 0.2) is 10.4 Å². The maximum absolute atomic E-state index is 4.69. The van der Waals surface area contributed by atoms with Gasteiger partial charge in [0, 0.05) is 25.5 Å². The zero-order valence-electron chi connectivity index (χ0n) is 13.0. The molecule has 0 spiro atoms. The third-order valence-electron chi connectivity index (χ3n) is 2.78. The van der Waals surface area contributed by atoms with E-state index < -0.39 is 0 Å². The first-order valence-electron chi connectivity index (χ1n) is 7.06. The van der Waals surface area contributed by atoms with Crippen LogP contribution in [0.1, 0.15) is 30.5 Å². The van der Waals surface area contributed by atoms with Gasteiger partial charge in [-0.3, -0.25) is 4.99 Å². The van der Waals surface area contributed by atoms with E-state index in [9.17, 15) is 0 Å². The molecule has 20 heavy (non-hydrogen) atoms. The van der Waals surface area contributed by atoms with Gasteiger partial charge in [0.1, 0.15) is 0 Å². The van der Waals surface area contributed by atoms with E-state index in [-0.39, 0.29) is 0 Å². The van der Waals surface area contributed by atoms with Crippen LogP contribution in [0, 0.1) is 6.92 Å². The molecule has 0 amide bonds. The van der Waals surface area contributed by atoms with Gasteiger partial charge in [0.05, 0.1) is 17.2 Å². The Hall–Kier alpha value is -0.750. The quantitative estimate of drug-likeness (QED) is 0.455. The molecule has 0 aliphatic carbocycles. The third kappa shape index (κ3) is 6.61. The van der Waals surface area contributed by atoms with Crippen molar-refractivity contribution in [3.8, 4) is 0 Å². The number of aliphatic imine (C=N–C) groups is 1. The van der Waals surface area contributed by atoms with E-state index in [1.54, 1.807) is 11.3 Å². The molecule has 0 radical (unpaired) electrons. The summed E-state index contributed by atoms with van der Waals surface area (Å²) in [5.41, 5.74) is 1.11. The van der Waals surface area contributed by atoms with E-state index in [0.717, 1.165) is 42.7 Å². The molecule has 0 aromatic carbocycles. The van der Waals surface area contributed by atoms with Crippen LogP contribution in [0.2, 0.25) is 0 Å². The lowest BCUT2D eigenvalue weighted by Gasteiger charge is -2.21. The van der Waals surface area contributed by atoms with Crippen LogP contribution < -0.4 is 5.32 Å². The number of rotatable bonds is 8. The first-order chi connectivity index (χ1) is 9.67. The Morgan fingerprint density at radius 2 is 2.30 bits per heavy atom. The highest BCUT2D eigenvalue weighted by atomic mass is 32.2. The minimum absolute atomic E-state index is 0.807. The second-order valence-electron chi connectivity index (χ2n) is 4.65. The van der Waals surface area contributed by atoms with Crippen LogP contribution >= 0.6 is 23.1 Å². The van der Waals surface area contributed by atoms with Crippen molar-refractivity contribution in [2.45, 2.75) is 33.2 Å². The second kappa shape index (κ2) is 10.0. The van der Waals surface area contributed by atoms with Crippen molar-refractivity contribution in [1.82, 2.24) is 15.2 Å². The number of hydrogen-bond donors (Lipinski definition) is 1. The van der Waals surface area contributed by atoms with Gasteiger partial charge in [-0.25, -0.2) is 4.98 Å². The monoisotopic (exact) mass is 314 g/mol. The fourth-order valence-corrected chi connectivity index (χ4v) is 2.91. The number of aromatic nitrogens is 1. The minimum atomic E-state index is 0.807. The smallest absolute Gasteiger partial charge is 0.194 e. The number of thioether (sulfide) groups is 1. The van der Waals surface area contributed by atoms with Gasteiger partial charge in [0.2, 0.25) is 0 Å². The summed E-state index contributed by atoms with van der Waals surface area (Å²) in [6.45, 7) is 6.73. The molecule has 0 atom stereocenters. The first kappa shape index (κ1) is 17.3. The summed E-state index contributed by atoms with van der Waals surface area (Å²) in [5, 5.41) is 6.58. The second-order valence-corrected chi connectivity index (χ2v) is 6.70. The molecule has 1 rings (SSSR count). The van der Waals surface area contributed by atoms with Gasteiger partial charge in [-0.05, 0) is 38.7 Å². The summed E-state index contributed by atoms with van der Waals surface area (Å²) in [6.07, 6.45) is 4.54. The number of guanidine groups is 1. The Morgan fingerprint density at radius 3 is 2.90 bits per heavy atom. The summed E-state index contributed by atoms with van der Waals surface area (Å²) in [7, 11) is 2.07. The average molecular weight is 315 g/mol. The van der Waals surface area contributed by atoms with Gasteiger partial charge >= 0.3 is 0 Å². The lowest BCUT2D eigenvalue weighted by atomic mass is 10.3. The van der Waals surface area contributed by atoms with E-state index in [4.69, 9.17) is 0 Å². The Kier molecular flexibility index (Phi) is 8.69. The normalized spacial score (nSPS) is 11.7. The zero-order valence-corrected chi connectivity index (χ0v) is 14.6. The molecule has 0 saturated heterocycles. The van der Waals surface area contributed by atoms with Gasteiger partial charge < -0.3 is 10.2 Å². The van der Waals surface area contributed by atoms with Gasteiger partial charge in [0.15, 0.2) is 5.96 Å². The van der Waals surface area contributed by atoms with Crippen LogP contribution in [-0.2, 0) is 6.54 Å². The molecule has 6 heteroatoms. The van der Waals surface area contributed by atoms with Crippen LogP contribution in [0.25, 0.3) is 0 Å². The number of nitrogens with zero attached hydrogens (tertiary/aromatic N) is 3. The molecule has 4 nitrogen and oxygen atoms in total. The summed E-state index contributed by atoms with van der Waals surface area (Å²) >= 11 is 3.60. The summed E-state index contributed by atoms with van der Waals surface area (Å²) in [5.74, 6) is 2.20. The molecule has 1 N–H and O–H groups in total. The molecule has 0 aliphatic rings. The molecule has 1 aromatic heterocycles. The Bertz CT molecular complexity index is 404. The highest BCUT2D eigenvalue weighted by molar-refractivity contribution is 7.98. The topological polar surface area (TPSA) is 40.5 Å². The molecular weight excluding hydrogens is 288 g/mol. The Labute approximate surface area is 131 Å². The SMILES string of the molecule is CCNC(=NCCCCSC)N(C)Cc1csc(C)n1. The van der Waals surface area contributed by atoms with Crippen molar-refractivity contribution < 1.29 is 0 Å². The van der Waals surface area contributed by atoms with E-state index >= 15 is 0 Å². The fourth-order valence-electron chi connectivity index (χ4n) is 1.81. The van der Waals surface area contributed by atoms with Crippen molar-refractivity contribution in [3.05, 3.63) is 16.1 Å². The number of hydrogen-bond acceptors (Lipinski definition) is 4. The highest BCUT2D eigenvalue weighted by Crippen LogP contribution is 2.09. The molecule has 0 saturated carbocycles. The number of thiazole rings is 1. The predicted octanol–water partition coefficient (Wildman–Crippen LogP) is 2.99. The summed E-state index contributed by atoms with van der Waals surface area (Å²) < 4.78 is 0. The molecule has 0 aliphatic heterocycles. The molecule has 0 unspecified atom stereocenters. The van der Waals surface area contributed by atoms with E-state index in [1.807, 2.05) is 18.7 Å². The van der Waals surface area contributed by atoms with Crippen molar-refractivity contribution in [3.63, 3.8) is 0 Å². The predicted molar refractivity (Wildman–Crippen MR) is 91.9 cm³/mol. The standard InChI is InChI=1S/C14H26N4S2/c1-5-15-14(16-8-6-7-9-19-4)18(3)10-13-11-20-12(2)17-13/h11H,5-10H2,1-4H3,(H,15,16). The maximum Gasteiger partial charge on any atom is 0.194 e. The van der Waals surface area contributed by atoms with Crippen molar-refractivity contribution in [2.24, 2.45) is 4.99 Å². The average Bonchev–Trinajstić information content (AvgIpc) is 2.82. The van der Waals surface area contributed by atoms with E-state index in [0.29, 0.717) is 0 Å². The summed E-state index contributed by atoms with van der Waals surface area (Å²) in [6, 6.07) is 0. The Morgan fingerprint density at radius 1 is 1.50 bits per heavy atom. The summed E-state index contributed by atoms with van der Waals surface area (Å²) in [4.78, 5) is 11.3. The lowest BCUT2D eigenvalue weighted by molar-refractivity contribution is 0.470. The van der Waals surface area contributed by atoms with Gasteiger partial charge in [0.25, 0.3) is 0 Å². The molecule has 0 bridgehead atoms. The van der Waals surface area contributed by atoms with Crippen molar-refractivity contribution in [1.29, 1.82) is 0 Å². The first-order valence-corrected chi connectivity index (χ1v) is 9.34. The van der Waals surface area contributed by atoms with Crippen molar-refractivity contribution in [2.75, 3.05) is 32.1 Å². The van der Waals surface area contributed by atoms with Crippen LogP contribution in [0.5, 0.6) is 0 Å². The molecule has 114 valence electrons. The minimum Gasteiger partial charge on any atom is -0.357 e. The molecule has 0 fully saturated rings. The van der Waals surface area contributed by atoms with Crippen LogP contribution in [0.4, 0.5) is 0 Å².